The molecule has 4 rings (SSSR count). The average Bonchev–Trinajstić information content (AvgIpc) is 2.97. The Morgan fingerprint density at radius 3 is 2.60 bits per heavy atom. The van der Waals surface area contributed by atoms with Gasteiger partial charge < -0.3 is 10.4 Å². The van der Waals surface area contributed by atoms with Crippen LogP contribution in [-0.4, -0.2) is 39.7 Å². The molecule has 2 aliphatic heterocycles. The minimum absolute atomic E-state index is 0.110. The third-order valence-electron chi connectivity index (χ3n) is 5.23. The zero-order valence-electron chi connectivity index (χ0n) is 15.7. The molecule has 2 aromatic carbocycles. The van der Waals surface area contributed by atoms with Gasteiger partial charge in [-0.3, -0.25) is 29.4 Å². The normalized spacial score (nSPS) is 20.7. The molecule has 2 aliphatic rings. The van der Waals surface area contributed by atoms with E-state index >= 15 is 0 Å². The van der Waals surface area contributed by atoms with Gasteiger partial charge in [-0.1, -0.05) is 12.1 Å². The van der Waals surface area contributed by atoms with Gasteiger partial charge in [-0.25, -0.2) is 0 Å². The topological polar surface area (TPSA) is 116 Å². The third-order valence-corrected chi connectivity index (χ3v) is 5.95. The largest absolute Gasteiger partial charge is 0.369 e. The highest BCUT2D eigenvalue weighted by molar-refractivity contribution is 14.1. The summed E-state index contributed by atoms with van der Waals surface area (Å²) in [5.74, 6) is -1.68. The van der Waals surface area contributed by atoms with Crippen molar-refractivity contribution in [1.29, 1.82) is 0 Å². The van der Waals surface area contributed by atoms with Gasteiger partial charge in [-0.05, 0) is 64.9 Å². The Bertz CT molecular complexity index is 1050. The van der Waals surface area contributed by atoms with E-state index in [1.807, 2.05) is 12.1 Å². The molecule has 0 spiro atoms. The van der Waals surface area contributed by atoms with E-state index in [1.165, 1.54) is 0 Å². The molecule has 2 atom stereocenters. The first-order valence-corrected chi connectivity index (χ1v) is 10.4. The quantitative estimate of drug-likeness (QED) is 0.418. The Labute approximate surface area is 185 Å². The maximum atomic E-state index is 12.9. The number of nitrogens with one attached hydrogen (secondary N) is 2. The van der Waals surface area contributed by atoms with E-state index < -0.39 is 24.1 Å². The van der Waals surface area contributed by atoms with Crippen LogP contribution in [-0.2, 0) is 16.1 Å². The molecule has 154 valence electrons. The van der Waals surface area contributed by atoms with E-state index in [4.69, 9.17) is 0 Å². The summed E-state index contributed by atoms with van der Waals surface area (Å²) in [5, 5.41) is 15.6. The fourth-order valence-electron chi connectivity index (χ4n) is 3.67. The van der Waals surface area contributed by atoms with Crippen molar-refractivity contribution in [1.82, 2.24) is 15.5 Å². The predicted octanol–water partition coefficient (Wildman–Crippen LogP) is 1.47. The second-order valence-corrected chi connectivity index (χ2v) is 8.41. The number of aliphatic hydroxyl groups excluding tert-OH is 1. The van der Waals surface area contributed by atoms with Crippen LogP contribution in [0.4, 0.5) is 0 Å². The molecule has 8 nitrogen and oxygen atoms in total. The molecule has 2 aromatic rings. The number of piperidine rings is 1. The van der Waals surface area contributed by atoms with Crippen LogP contribution in [0.2, 0.25) is 0 Å². The molecule has 3 N–H and O–H groups in total. The lowest BCUT2D eigenvalue weighted by Crippen LogP contribution is -2.53. The SMILES string of the molecule is O=C1CCC(N2C(=O)c3cc(CNC(=O)c4ccc(I)cc4)ccc3C2O)C(=O)N1. The number of fused-ring (bicyclic) bond motifs is 1. The van der Waals surface area contributed by atoms with E-state index in [0.717, 1.165) is 8.47 Å². The zero-order valence-corrected chi connectivity index (χ0v) is 17.9. The zero-order chi connectivity index (χ0) is 21.4. The summed E-state index contributed by atoms with van der Waals surface area (Å²) in [5.41, 5.74) is 1.91. The number of imide groups is 1. The van der Waals surface area contributed by atoms with Crippen molar-refractivity contribution in [2.45, 2.75) is 31.7 Å². The van der Waals surface area contributed by atoms with Crippen LogP contribution in [0.15, 0.2) is 42.5 Å². The van der Waals surface area contributed by atoms with E-state index in [9.17, 15) is 24.3 Å². The predicted molar refractivity (Wildman–Crippen MR) is 114 cm³/mol. The van der Waals surface area contributed by atoms with Crippen LogP contribution >= 0.6 is 22.6 Å². The maximum Gasteiger partial charge on any atom is 0.257 e. The third kappa shape index (κ3) is 3.82. The van der Waals surface area contributed by atoms with Crippen molar-refractivity contribution in [3.05, 3.63) is 68.3 Å². The number of hydrogen-bond donors (Lipinski definition) is 3. The number of halogens is 1. The van der Waals surface area contributed by atoms with Gasteiger partial charge in [0.25, 0.3) is 11.8 Å². The lowest BCUT2D eigenvalue weighted by atomic mass is 10.0. The summed E-state index contributed by atoms with van der Waals surface area (Å²) in [6.07, 6.45) is -0.980. The minimum atomic E-state index is -1.26. The highest BCUT2D eigenvalue weighted by Gasteiger charge is 2.44. The van der Waals surface area contributed by atoms with Gasteiger partial charge in [0.2, 0.25) is 11.8 Å². The molecule has 30 heavy (non-hydrogen) atoms. The number of carbonyl (C=O) groups is 4. The molecule has 0 bridgehead atoms. The number of hydrogen-bond acceptors (Lipinski definition) is 5. The summed E-state index contributed by atoms with van der Waals surface area (Å²) >= 11 is 2.16. The minimum Gasteiger partial charge on any atom is -0.369 e. The van der Waals surface area contributed by atoms with Crippen molar-refractivity contribution in [3.63, 3.8) is 0 Å². The van der Waals surface area contributed by atoms with Gasteiger partial charge in [-0.15, -0.1) is 0 Å². The van der Waals surface area contributed by atoms with E-state index in [-0.39, 0.29) is 36.8 Å². The average molecular weight is 519 g/mol. The first-order valence-electron chi connectivity index (χ1n) is 9.36. The Balaban J connectivity index is 1.48. The van der Waals surface area contributed by atoms with Crippen molar-refractivity contribution in [2.24, 2.45) is 0 Å². The van der Waals surface area contributed by atoms with E-state index in [2.05, 4.69) is 33.2 Å². The number of benzene rings is 2. The second-order valence-electron chi connectivity index (χ2n) is 7.16. The molecular weight excluding hydrogens is 501 g/mol. The Kier molecular flexibility index (Phi) is 5.56. The van der Waals surface area contributed by atoms with Gasteiger partial charge in [0.1, 0.15) is 6.04 Å². The Morgan fingerprint density at radius 2 is 1.90 bits per heavy atom. The molecule has 2 unspecified atom stereocenters. The maximum absolute atomic E-state index is 12.9. The summed E-state index contributed by atoms with van der Waals surface area (Å²) in [7, 11) is 0. The molecule has 1 saturated heterocycles. The van der Waals surface area contributed by atoms with Gasteiger partial charge in [0.15, 0.2) is 6.23 Å². The van der Waals surface area contributed by atoms with Crippen molar-refractivity contribution < 1.29 is 24.3 Å². The van der Waals surface area contributed by atoms with Crippen molar-refractivity contribution in [2.75, 3.05) is 0 Å². The monoisotopic (exact) mass is 519 g/mol. The Hall–Kier alpha value is -2.79. The second kappa shape index (κ2) is 8.15. The summed E-state index contributed by atoms with van der Waals surface area (Å²) < 4.78 is 1.03. The highest BCUT2D eigenvalue weighted by atomic mass is 127. The summed E-state index contributed by atoms with van der Waals surface area (Å²) in [6.45, 7) is 0.208. The molecule has 0 aliphatic carbocycles. The number of carbonyl (C=O) groups excluding carboxylic acids is 4. The van der Waals surface area contributed by atoms with Crippen molar-refractivity contribution >= 4 is 46.2 Å². The molecule has 4 amide bonds. The molecule has 0 aromatic heterocycles. The molecule has 1 fully saturated rings. The number of rotatable bonds is 4. The molecule has 0 saturated carbocycles. The lowest BCUT2D eigenvalue weighted by molar-refractivity contribution is -0.139. The molecular formula is C21H18IN3O5. The lowest BCUT2D eigenvalue weighted by Gasteiger charge is -2.31. The van der Waals surface area contributed by atoms with Gasteiger partial charge in [0, 0.05) is 33.2 Å². The van der Waals surface area contributed by atoms with Crippen LogP contribution in [0.5, 0.6) is 0 Å². The van der Waals surface area contributed by atoms with Crippen LogP contribution in [0.3, 0.4) is 0 Å². The number of aliphatic hydroxyl groups is 1. The molecule has 2 heterocycles. The van der Waals surface area contributed by atoms with Gasteiger partial charge >= 0.3 is 0 Å². The van der Waals surface area contributed by atoms with Crippen LogP contribution in [0.1, 0.15) is 50.9 Å². The standard InChI is InChI=1S/C21H18IN3O5/c22-13-4-2-12(3-5-13)18(27)23-10-11-1-6-14-15(9-11)21(30)25(20(14)29)16-7-8-17(26)24-19(16)28/h1-6,9,16,20,29H,7-8,10H2,(H,23,27)(H,24,26,28). The molecule has 0 radical (unpaired) electrons. The van der Waals surface area contributed by atoms with E-state index in [0.29, 0.717) is 16.7 Å². The summed E-state index contributed by atoms with van der Waals surface area (Å²) in [4.78, 5) is 49.8. The number of amides is 4. The fourth-order valence-corrected chi connectivity index (χ4v) is 4.03. The van der Waals surface area contributed by atoms with Gasteiger partial charge in [0.05, 0.1) is 0 Å². The van der Waals surface area contributed by atoms with Crippen LogP contribution < -0.4 is 10.6 Å². The van der Waals surface area contributed by atoms with Crippen molar-refractivity contribution in [3.8, 4) is 0 Å². The number of nitrogens with zero attached hydrogens (tertiary/aromatic N) is 1. The Morgan fingerprint density at radius 1 is 1.17 bits per heavy atom. The first-order chi connectivity index (χ1) is 14.3. The molecule has 9 heteroatoms. The first kappa shape index (κ1) is 20.5. The van der Waals surface area contributed by atoms with Crippen LogP contribution in [0.25, 0.3) is 0 Å². The fraction of sp³-hybridized carbons (Fsp3) is 0.238. The van der Waals surface area contributed by atoms with Gasteiger partial charge in [-0.2, -0.15) is 0 Å². The van der Waals surface area contributed by atoms with Crippen LogP contribution in [0, 0.1) is 3.57 Å². The summed E-state index contributed by atoms with van der Waals surface area (Å²) in [6, 6.07) is 11.2. The smallest absolute Gasteiger partial charge is 0.257 e. The highest BCUT2D eigenvalue weighted by Crippen LogP contribution is 2.35. The van der Waals surface area contributed by atoms with E-state index in [1.54, 1.807) is 30.3 Å².